The van der Waals surface area contributed by atoms with Crippen molar-refractivity contribution in [3.8, 4) is 12.3 Å². The Morgan fingerprint density at radius 1 is 1.40 bits per heavy atom. The minimum absolute atomic E-state index is 0.0480. The minimum atomic E-state index is -3.64. The average Bonchev–Trinajstić information content (AvgIpc) is 2.82. The van der Waals surface area contributed by atoms with Crippen molar-refractivity contribution in [3.05, 3.63) is 11.5 Å². The topological polar surface area (TPSA) is 90.3 Å². The standard InChI is InChI=1S/C17H25N3O4S/c1-5-6-9-12-25(22,23)19-15-14(16(21)24-17(2,3)4)20-11-8-7-10-13(20)18-15/h1,19H,6-12H2,2-4H3. The summed E-state index contributed by atoms with van der Waals surface area (Å²) in [6.45, 7) is 5.92. The molecule has 0 atom stereocenters. The van der Waals surface area contributed by atoms with Crippen molar-refractivity contribution in [2.24, 2.45) is 0 Å². The van der Waals surface area contributed by atoms with Crippen LogP contribution >= 0.6 is 0 Å². The smallest absolute Gasteiger partial charge is 0.359 e. The van der Waals surface area contributed by atoms with Gasteiger partial charge >= 0.3 is 5.97 Å². The van der Waals surface area contributed by atoms with E-state index in [0.717, 1.165) is 12.8 Å². The molecule has 0 bridgehead atoms. The van der Waals surface area contributed by atoms with E-state index in [1.807, 2.05) is 0 Å². The van der Waals surface area contributed by atoms with Crippen molar-refractivity contribution >= 4 is 21.8 Å². The van der Waals surface area contributed by atoms with Gasteiger partial charge in [-0.3, -0.25) is 4.72 Å². The van der Waals surface area contributed by atoms with E-state index in [1.165, 1.54) is 0 Å². The summed E-state index contributed by atoms with van der Waals surface area (Å²) in [5.74, 6) is 2.47. The fourth-order valence-corrected chi connectivity index (χ4v) is 3.71. The van der Waals surface area contributed by atoms with Gasteiger partial charge in [-0.25, -0.2) is 18.2 Å². The summed E-state index contributed by atoms with van der Waals surface area (Å²) in [7, 11) is -3.64. The molecule has 0 spiro atoms. The van der Waals surface area contributed by atoms with Gasteiger partial charge in [-0.05, 0) is 40.0 Å². The Hall–Kier alpha value is -2.01. The van der Waals surface area contributed by atoms with Crippen molar-refractivity contribution in [2.75, 3.05) is 10.5 Å². The fourth-order valence-electron chi connectivity index (χ4n) is 2.65. The highest BCUT2D eigenvalue weighted by Gasteiger charge is 2.30. The van der Waals surface area contributed by atoms with Crippen LogP contribution in [0.1, 0.15) is 62.8 Å². The number of imidazole rings is 1. The van der Waals surface area contributed by atoms with Crippen LogP contribution in [0.3, 0.4) is 0 Å². The van der Waals surface area contributed by atoms with Crippen LogP contribution in [-0.2, 0) is 27.7 Å². The van der Waals surface area contributed by atoms with Crippen molar-refractivity contribution < 1.29 is 17.9 Å². The first-order valence-corrected chi connectivity index (χ1v) is 10.0. The number of esters is 1. The van der Waals surface area contributed by atoms with Crippen LogP contribution in [0.15, 0.2) is 0 Å². The van der Waals surface area contributed by atoms with E-state index in [1.54, 1.807) is 25.3 Å². The zero-order valence-corrected chi connectivity index (χ0v) is 15.8. The first-order valence-electron chi connectivity index (χ1n) is 8.39. The number of carbonyl (C=O) groups excluding carboxylic acids is 1. The van der Waals surface area contributed by atoms with Crippen LogP contribution < -0.4 is 4.72 Å². The second-order valence-corrected chi connectivity index (χ2v) is 8.91. The van der Waals surface area contributed by atoms with E-state index >= 15 is 0 Å². The van der Waals surface area contributed by atoms with E-state index < -0.39 is 21.6 Å². The predicted octanol–water partition coefficient (Wildman–Crippen LogP) is 2.33. The summed E-state index contributed by atoms with van der Waals surface area (Å²) >= 11 is 0. The summed E-state index contributed by atoms with van der Waals surface area (Å²) in [6, 6.07) is 0. The van der Waals surface area contributed by atoms with Crippen LogP contribution in [0.25, 0.3) is 0 Å². The number of rotatable bonds is 6. The number of sulfonamides is 1. The number of hydrogen-bond donors (Lipinski definition) is 1. The summed E-state index contributed by atoms with van der Waals surface area (Å²) in [5, 5.41) is 0. The summed E-state index contributed by atoms with van der Waals surface area (Å²) in [6.07, 6.45) is 8.45. The molecule has 1 aromatic heterocycles. The molecule has 1 N–H and O–H groups in total. The van der Waals surface area contributed by atoms with Gasteiger partial charge in [-0.1, -0.05) is 0 Å². The van der Waals surface area contributed by atoms with Crippen LogP contribution in [0.4, 0.5) is 5.82 Å². The van der Waals surface area contributed by atoms with E-state index in [9.17, 15) is 13.2 Å². The van der Waals surface area contributed by atoms with Gasteiger partial charge in [0, 0.05) is 19.4 Å². The quantitative estimate of drug-likeness (QED) is 0.473. The molecule has 8 heteroatoms. The summed E-state index contributed by atoms with van der Waals surface area (Å²) in [4.78, 5) is 17.0. The Labute approximate surface area is 149 Å². The maximum absolute atomic E-state index is 12.6. The van der Waals surface area contributed by atoms with E-state index in [-0.39, 0.29) is 17.3 Å². The number of ether oxygens (including phenoxy) is 1. The number of hydrogen-bond acceptors (Lipinski definition) is 5. The lowest BCUT2D eigenvalue weighted by Gasteiger charge is -2.21. The van der Waals surface area contributed by atoms with Crippen LogP contribution in [0.5, 0.6) is 0 Å². The SMILES string of the molecule is C#CCCCS(=O)(=O)Nc1nc2n(c1C(=O)OC(C)(C)C)CCCC2. The van der Waals surface area contributed by atoms with Crippen molar-refractivity contribution in [2.45, 2.75) is 65.0 Å². The van der Waals surface area contributed by atoms with Gasteiger partial charge in [0.05, 0.1) is 5.75 Å². The van der Waals surface area contributed by atoms with Gasteiger partial charge in [-0.15, -0.1) is 12.3 Å². The third-order valence-corrected chi connectivity index (χ3v) is 4.99. The Kier molecular flexibility index (Phi) is 5.78. The first kappa shape index (κ1) is 19.3. The minimum Gasteiger partial charge on any atom is -0.455 e. The number of terminal acetylenes is 1. The Bertz CT molecular complexity index is 782. The molecule has 0 aromatic carbocycles. The Balaban J connectivity index is 2.32. The van der Waals surface area contributed by atoms with Gasteiger partial charge < -0.3 is 9.30 Å². The van der Waals surface area contributed by atoms with Crippen molar-refractivity contribution in [1.29, 1.82) is 0 Å². The average molecular weight is 367 g/mol. The highest BCUT2D eigenvalue weighted by molar-refractivity contribution is 7.92. The monoisotopic (exact) mass is 367 g/mol. The second-order valence-electron chi connectivity index (χ2n) is 7.06. The number of unbranched alkanes of at least 4 members (excludes halogenated alkanes) is 1. The highest BCUT2D eigenvalue weighted by Crippen LogP contribution is 2.26. The maximum Gasteiger partial charge on any atom is 0.359 e. The molecule has 138 valence electrons. The van der Waals surface area contributed by atoms with E-state index in [2.05, 4.69) is 15.6 Å². The first-order chi connectivity index (χ1) is 11.6. The van der Waals surface area contributed by atoms with Gasteiger partial charge in [0.2, 0.25) is 10.0 Å². The molecule has 1 aliphatic rings. The zero-order valence-electron chi connectivity index (χ0n) is 15.0. The molecular formula is C17H25N3O4S. The summed E-state index contributed by atoms with van der Waals surface area (Å²) in [5.41, 5.74) is -0.510. The number of aryl methyl sites for hydroxylation is 1. The lowest BCUT2D eigenvalue weighted by molar-refractivity contribution is 0.00580. The van der Waals surface area contributed by atoms with Gasteiger partial charge in [-0.2, -0.15) is 0 Å². The number of carbonyl (C=O) groups is 1. The van der Waals surface area contributed by atoms with Crippen molar-refractivity contribution in [1.82, 2.24) is 9.55 Å². The van der Waals surface area contributed by atoms with E-state index in [0.29, 0.717) is 31.6 Å². The molecule has 0 amide bonds. The highest BCUT2D eigenvalue weighted by atomic mass is 32.2. The molecule has 1 aromatic rings. The molecule has 0 saturated heterocycles. The van der Waals surface area contributed by atoms with Crippen molar-refractivity contribution in [3.63, 3.8) is 0 Å². The van der Waals surface area contributed by atoms with Gasteiger partial charge in [0.1, 0.15) is 11.4 Å². The fraction of sp³-hybridized carbons (Fsp3) is 0.647. The number of nitrogens with zero attached hydrogens (tertiary/aromatic N) is 2. The molecular weight excluding hydrogens is 342 g/mol. The van der Waals surface area contributed by atoms with Gasteiger partial charge in [0.15, 0.2) is 11.5 Å². The molecule has 0 saturated carbocycles. The molecule has 2 heterocycles. The Morgan fingerprint density at radius 3 is 2.76 bits per heavy atom. The largest absolute Gasteiger partial charge is 0.455 e. The van der Waals surface area contributed by atoms with Crippen LogP contribution in [0.2, 0.25) is 0 Å². The molecule has 25 heavy (non-hydrogen) atoms. The molecule has 0 unspecified atom stereocenters. The number of fused-ring (bicyclic) bond motifs is 1. The zero-order chi connectivity index (χ0) is 18.7. The third-order valence-electron chi connectivity index (χ3n) is 3.66. The summed E-state index contributed by atoms with van der Waals surface area (Å²) < 4.78 is 34.2. The maximum atomic E-state index is 12.6. The van der Waals surface area contributed by atoms with Gasteiger partial charge in [0.25, 0.3) is 0 Å². The van der Waals surface area contributed by atoms with Crippen LogP contribution in [-0.4, -0.2) is 35.3 Å². The second kappa shape index (κ2) is 7.48. The number of anilines is 1. The molecule has 0 aliphatic carbocycles. The van der Waals surface area contributed by atoms with E-state index in [4.69, 9.17) is 11.2 Å². The Morgan fingerprint density at radius 2 is 2.12 bits per heavy atom. The number of nitrogens with one attached hydrogen (secondary N) is 1. The lowest BCUT2D eigenvalue weighted by atomic mass is 10.1. The molecule has 0 radical (unpaired) electrons. The molecule has 2 rings (SSSR count). The number of aromatic nitrogens is 2. The third kappa shape index (κ3) is 5.23. The molecule has 7 nitrogen and oxygen atoms in total. The normalized spacial score (nSPS) is 14.5. The molecule has 0 fully saturated rings. The lowest BCUT2D eigenvalue weighted by Crippen LogP contribution is -2.27. The van der Waals surface area contributed by atoms with Crippen LogP contribution in [0, 0.1) is 12.3 Å². The predicted molar refractivity (Wildman–Crippen MR) is 95.8 cm³/mol. The molecule has 1 aliphatic heterocycles.